The zero-order chi connectivity index (χ0) is 16.5. The van der Waals surface area contributed by atoms with Gasteiger partial charge >= 0.3 is 0 Å². The molecule has 1 saturated carbocycles. The van der Waals surface area contributed by atoms with Crippen molar-refractivity contribution in [1.29, 1.82) is 0 Å². The predicted molar refractivity (Wildman–Crippen MR) is 98.7 cm³/mol. The fourth-order valence-electron chi connectivity index (χ4n) is 3.77. The number of hydrogen-bond donors (Lipinski definition) is 0. The van der Waals surface area contributed by atoms with Gasteiger partial charge in [-0.3, -0.25) is 9.58 Å². The normalized spacial score (nSPS) is 17.8. The first-order valence-corrected chi connectivity index (χ1v) is 9.33. The van der Waals surface area contributed by atoms with E-state index in [-0.39, 0.29) is 0 Å². The first-order valence-electron chi connectivity index (χ1n) is 9.33. The molecular formula is C20H28N4. The molecule has 4 rings (SSSR count). The highest BCUT2D eigenvalue weighted by Gasteiger charge is 2.26. The fourth-order valence-corrected chi connectivity index (χ4v) is 3.77. The Morgan fingerprint density at radius 2 is 2.08 bits per heavy atom. The van der Waals surface area contributed by atoms with E-state index in [4.69, 9.17) is 0 Å². The maximum absolute atomic E-state index is 4.35. The Hall–Kier alpha value is -1.81. The summed E-state index contributed by atoms with van der Waals surface area (Å²) in [5.41, 5.74) is 5.54. The van der Waals surface area contributed by atoms with Crippen LogP contribution in [0.2, 0.25) is 0 Å². The first kappa shape index (κ1) is 15.7. The van der Waals surface area contributed by atoms with Gasteiger partial charge in [0.25, 0.3) is 0 Å². The summed E-state index contributed by atoms with van der Waals surface area (Å²) in [5, 5.41) is 4.35. The molecule has 1 fully saturated rings. The third-order valence-electron chi connectivity index (χ3n) is 5.26. The molecule has 128 valence electrons. The average Bonchev–Trinajstić information content (AvgIpc) is 3.30. The van der Waals surface area contributed by atoms with Gasteiger partial charge in [0, 0.05) is 45.1 Å². The lowest BCUT2D eigenvalue weighted by Crippen LogP contribution is -2.32. The van der Waals surface area contributed by atoms with Crippen molar-refractivity contribution < 1.29 is 0 Å². The van der Waals surface area contributed by atoms with Crippen molar-refractivity contribution in [2.75, 3.05) is 24.5 Å². The highest BCUT2D eigenvalue weighted by Crippen LogP contribution is 2.33. The van der Waals surface area contributed by atoms with Crippen LogP contribution >= 0.6 is 0 Å². The molecule has 1 aromatic carbocycles. The van der Waals surface area contributed by atoms with Crippen molar-refractivity contribution >= 4 is 11.4 Å². The van der Waals surface area contributed by atoms with Crippen LogP contribution in [0.4, 0.5) is 11.4 Å². The highest BCUT2D eigenvalue weighted by atomic mass is 15.3. The molecule has 2 aromatic rings. The van der Waals surface area contributed by atoms with E-state index in [1.165, 1.54) is 54.9 Å². The zero-order valence-corrected chi connectivity index (χ0v) is 14.9. The van der Waals surface area contributed by atoms with E-state index in [0.29, 0.717) is 0 Å². The van der Waals surface area contributed by atoms with E-state index in [0.717, 1.165) is 25.4 Å². The van der Waals surface area contributed by atoms with Gasteiger partial charge in [-0.15, -0.1) is 0 Å². The van der Waals surface area contributed by atoms with Gasteiger partial charge in [0.2, 0.25) is 0 Å². The van der Waals surface area contributed by atoms with Crippen LogP contribution in [0.1, 0.15) is 37.3 Å². The van der Waals surface area contributed by atoms with E-state index in [9.17, 15) is 0 Å². The summed E-state index contributed by atoms with van der Waals surface area (Å²) in [5.74, 6) is 0.974. The topological polar surface area (TPSA) is 24.3 Å². The first-order chi connectivity index (χ1) is 11.7. The van der Waals surface area contributed by atoms with Crippen molar-refractivity contribution in [2.24, 2.45) is 13.0 Å². The summed E-state index contributed by atoms with van der Waals surface area (Å²) in [4.78, 5) is 5.05. The molecule has 0 N–H and O–H groups in total. The lowest BCUT2D eigenvalue weighted by molar-refractivity contribution is 0.244. The quantitative estimate of drug-likeness (QED) is 0.809. The van der Waals surface area contributed by atoms with Gasteiger partial charge < -0.3 is 4.90 Å². The second-order valence-corrected chi connectivity index (χ2v) is 7.41. The molecule has 4 nitrogen and oxygen atoms in total. The van der Waals surface area contributed by atoms with Crippen molar-refractivity contribution in [2.45, 2.75) is 39.2 Å². The summed E-state index contributed by atoms with van der Waals surface area (Å²) >= 11 is 0. The van der Waals surface area contributed by atoms with E-state index in [2.05, 4.69) is 46.2 Å². The fraction of sp³-hybridized carbons (Fsp3) is 0.550. The SMILES string of the molecule is CCCN(c1ccc2c(c1)CN(CC1CC1)CC2)c1cnn(C)c1. The van der Waals surface area contributed by atoms with Crippen LogP contribution in [0.25, 0.3) is 0 Å². The van der Waals surface area contributed by atoms with Crippen LogP contribution in [-0.4, -0.2) is 34.3 Å². The van der Waals surface area contributed by atoms with Crippen LogP contribution in [0.5, 0.6) is 0 Å². The number of hydrogen-bond acceptors (Lipinski definition) is 3. The third-order valence-corrected chi connectivity index (χ3v) is 5.26. The molecule has 2 heterocycles. The predicted octanol–water partition coefficient (Wildman–Crippen LogP) is 3.74. The maximum atomic E-state index is 4.35. The van der Waals surface area contributed by atoms with Crippen molar-refractivity contribution in [3.05, 3.63) is 41.7 Å². The van der Waals surface area contributed by atoms with Crippen LogP contribution in [-0.2, 0) is 20.0 Å². The van der Waals surface area contributed by atoms with E-state index < -0.39 is 0 Å². The van der Waals surface area contributed by atoms with E-state index in [1.807, 2.05) is 17.9 Å². The second-order valence-electron chi connectivity index (χ2n) is 7.41. The molecule has 0 bridgehead atoms. The van der Waals surface area contributed by atoms with E-state index in [1.54, 1.807) is 0 Å². The van der Waals surface area contributed by atoms with Crippen molar-refractivity contribution in [3.8, 4) is 0 Å². The summed E-state index contributed by atoms with van der Waals surface area (Å²) in [6.07, 6.45) is 9.27. The summed E-state index contributed by atoms with van der Waals surface area (Å²) in [6, 6.07) is 7.05. The second kappa shape index (κ2) is 6.60. The smallest absolute Gasteiger partial charge is 0.0796 e. The number of aromatic nitrogens is 2. The monoisotopic (exact) mass is 324 g/mol. The average molecular weight is 324 g/mol. The highest BCUT2D eigenvalue weighted by molar-refractivity contribution is 5.63. The van der Waals surface area contributed by atoms with Crippen LogP contribution < -0.4 is 4.90 Å². The Kier molecular flexibility index (Phi) is 4.31. The van der Waals surface area contributed by atoms with E-state index >= 15 is 0 Å². The summed E-state index contributed by atoms with van der Waals surface area (Å²) in [7, 11) is 1.98. The van der Waals surface area contributed by atoms with Gasteiger partial charge in [-0.05, 0) is 54.9 Å². The van der Waals surface area contributed by atoms with Gasteiger partial charge in [-0.1, -0.05) is 13.0 Å². The Morgan fingerprint density at radius 1 is 1.21 bits per heavy atom. The molecule has 0 amide bonds. The molecule has 1 aliphatic heterocycles. The molecule has 0 saturated heterocycles. The molecule has 24 heavy (non-hydrogen) atoms. The summed E-state index contributed by atoms with van der Waals surface area (Å²) < 4.78 is 1.88. The lowest BCUT2D eigenvalue weighted by atomic mass is 9.98. The largest absolute Gasteiger partial charge is 0.339 e. The molecule has 1 aromatic heterocycles. The number of anilines is 2. The number of nitrogens with zero attached hydrogens (tertiary/aromatic N) is 4. The Balaban J connectivity index is 1.58. The molecule has 1 aliphatic carbocycles. The minimum Gasteiger partial charge on any atom is -0.339 e. The lowest BCUT2D eigenvalue weighted by Gasteiger charge is -2.30. The van der Waals surface area contributed by atoms with Crippen LogP contribution in [0, 0.1) is 5.92 Å². The Morgan fingerprint density at radius 3 is 2.79 bits per heavy atom. The number of rotatable bonds is 6. The van der Waals surface area contributed by atoms with Gasteiger partial charge in [0.15, 0.2) is 0 Å². The molecular weight excluding hydrogens is 296 g/mol. The van der Waals surface area contributed by atoms with Crippen molar-refractivity contribution in [1.82, 2.24) is 14.7 Å². The Labute approximate surface area is 145 Å². The minimum atomic E-state index is 0.974. The zero-order valence-electron chi connectivity index (χ0n) is 14.9. The van der Waals surface area contributed by atoms with Gasteiger partial charge in [0.1, 0.15) is 0 Å². The molecule has 0 radical (unpaired) electrons. The Bertz CT molecular complexity index is 701. The van der Waals surface area contributed by atoms with Gasteiger partial charge in [-0.2, -0.15) is 5.10 Å². The number of aryl methyl sites for hydroxylation is 1. The standard InChI is InChI=1S/C20H28N4/c1-3-9-24(20-12-21-22(2)15-20)19-7-6-17-8-10-23(13-16-4-5-16)14-18(17)11-19/h6-7,11-12,15-16H,3-5,8-10,13-14H2,1-2H3. The van der Waals surface area contributed by atoms with Crippen molar-refractivity contribution in [3.63, 3.8) is 0 Å². The van der Waals surface area contributed by atoms with Gasteiger partial charge in [-0.25, -0.2) is 0 Å². The molecule has 0 unspecified atom stereocenters. The van der Waals surface area contributed by atoms with Gasteiger partial charge in [0.05, 0.1) is 11.9 Å². The maximum Gasteiger partial charge on any atom is 0.0796 e. The summed E-state index contributed by atoms with van der Waals surface area (Å²) in [6.45, 7) is 6.90. The number of fused-ring (bicyclic) bond motifs is 1. The third kappa shape index (κ3) is 3.34. The molecule has 0 atom stereocenters. The van der Waals surface area contributed by atoms with Crippen LogP contribution in [0.15, 0.2) is 30.6 Å². The molecule has 2 aliphatic rings. The molecule has 4 heteroatoms. The molecule has 0 spiro atoms. The minimum absolute atomic E-state index is 0.974. The number of benzene rings is 1. The van der Waals surface area contributed by atoms with Crippen LogP contribution in [0.3, 0.4) is 0 Å².